The van der Waals surface area contributed by atoms with Gasteiger partial charge in [-0.2, -0.15) is 11.8 Å². The third-order valence-corrected chi connectivity index (χ3v) is 6.30. The summed E-state index contributed by atoms with van der Waals surface area (Å²) in [6, 6.07) is 4.69. The van der Waals surface area contributed by atoms with Gasteiger partial charge in [0.25, 0.3) is 0 Å². The molecule has 1 atom stereocenters. The quantitative estimate of drug-likeness (QED) is 0.591. The number of nitrogens with one attached hydrogen (secondary N) is 1. The fourth-order valence-electron chi connectivity index (χ4n) is 2.24. The maximum Gasteiger partial charge on any atom is 0.0632 e. The topological polar surface area (TPSA) is 12.0 Å². The Morgan fingerprint density at radius 1 is 1.22 bits per heavy atom. The minimum Gasteiger partial charge on any atom is -0.380 e. The van der Waals surface area contributed by atoms with Crippen LogP contribution < -0.4 is 5.32 Å². The lowest BCUT2D eigenvalue weighted by atomic mass is 9.88. The van der Waals surface area contributed by atoms with Crippen molar-refractivity contribution in [2.45, 2.75) is 26.3 Å². The molecule has 0 saturated carbocycles. The van der Waals surface area contributed by atoms with Crippen LogP contribution in [0.5, 0.6) is 0 Å². The van der Waals surface area contributed by atoms with Crippen molar-refractivity contribution < 1.29 is 0 Å². The van der Waals surface area contributed by atoms with Crippen molar-refractivity contribution >= 4 is 65.2 Å². The van der Waals surface area contributed by atoms with E-state index in [4.69, 9.17) is 0 Å². The number of thioether (sulfide) groups is 1. The highest BCUT2D eigenvalue weighted by molar-refractivity contribution is 9.11. The summed E-state index contributed by atoms with van der Waals surface area (Å²) >= 11 is 12.8. The average molecular weight is 458 g/mol. The molecule has 1 aliphatic heterocycles. The van der Waals surface area contributed by atoms with Crippen LogP contribution in [0.2, 0.25) is 0 Å². The molecule has 1 aromatic carbocycles. The molecule has 0 bridgehead atoms. The highest BCUT2D eigenvalue weighted by Crippen LogP contribution is 2.39. The smallest absolute Gasteiger partial charge is 0.0632 e. The summed E-state index contributed by atoms with van der Waals surface area (Å²) in [5, 5.41) is 3.66. The predicted octanol–water partition coefficient (Wildman–Crippen LogP) is 5.92. The van der Waals surface area contributed by atoms with E-state index in [1.807, 2.05) is 11.8 Å². The van der Waals surface area contributed by atoms with Crippen LogP contribution >= 0.6 is 59.6 Å². The molecule has 0 aromatic heterocycles. The predicted molar refractivity (Wildman–Crippen MR) is 92.7 cm³/mol. The molecule has 18 heavy (non-hydrogen) atoms. The molecule has 1 saturated heterocycles. The largest absolute Gasteiger partial charge is 0.380 e. The summed E-state index contributed by atoms with van der Waals surface area (Å²) in [5.74, 6) is 2.44. The van der Waals surface area contributed by atoms with Gasteiger partial charge >= 0.3 is 0 Å². The van der Waals surface area contributed by atoms with Gasteiger partial charge in [-0.3, -0.25) is 0 Å². The summed E-state index contributed by atoms with van der Waals surface area (Å²) in [4.78, 5) is 0. The number of hydrogen-bond acceptors (Lipinski definition) is 2. The summed E-state index contributed by atoms with van der Waals surface area (Å²) in [6.45, 7) is 4.69. The summed E-state index contributed by atoms with van der Waals surface area (Å²) < 4.78 is 3.26. The zero-order valence-electron chi connectivity index (χ0n) is 10.4. The normalized spacial score (nSPS) is 22.8. The number of rotatable bonds is 2. The standard InChI is InChI=1S/C13H16Br3NS/c1-13(2)5-9(6-18-7-13)17-12-10(15)3-8(14)4-11(12)16/h3-4,9,17H,5-7H2,1-2H3. The van der Waals surface area contributed by atoms with Crippen LogP contribution in [0.15, 0.2) is 25.6 Å². The van der Waals surface area contributed by atoms with E-state index in [1.165, 1.54) is 17.9 Å². The van der Waals surface area contributed by atoms with Crippen LogP contribution in [-0.2, 0) is 0 Å². The molecule has 1 fully saturated rings. The van der Waals surface area contributed by atoms with Crippen LogP contribution in [0.25, 0.3) is 0 Å². The number of halogens is 3. The first-order valence-corrected chi connectivity index (χ1v) is 9.39. The third kappa shape index (κ3) is 3.90. The Hall–Kier alpha value is 0.810. The Bertz CT molecular complexity index is 425. The van der Waals surface area contributed by atoms with E-state index in [9.17, 15) is 0 Å². The van der Waals surface area contributed by atoms with E-state index in [1.54, 1.807) is 0 Å². The van der Waals surface area contributed by atoms with Gasteiger partial charge in [0.05, 0.1) is 5.69 Å². The molecule has 0 aliphatic carbocycles. The lowest BCUT2D eigenvalue weighted by Crippen LogP contribution is -2.35. The average Bonchev–Trinajstić information content (AvgIpc) is 2.22. The minimum absolute atomic E-state index is 0.425. The second kappa shape index (κ2) is 6.06. The third-order valence-electron chi connectivity index (χ3n) is 2.97. The van der Waals surface area contributed by atoms with Gasteiger partial charge in [-0.05, 0) is 61.6 Å². The molecule has 2 rings (SSSR count). The lowest BCUT2D eigenvalue weighted by Gasteiger charge is -2.36. The van der Waals surface area contributed by atoms with Crippen molar-refractivity contribution in [3.8, 4) is 0 Å². The van der Waals surface area contributed by atoms with E-state index >= 15 is 0 Å². The molecule has 1 unspecified atom stereocenters. The fraction of sp³-hybridized carbons (Fsp3) is 0.538. The van der Waals surface area contributed by atoms with Gasteiger partial charge in [-0.25, -0.2) is 0 Å². The first-order chi connectivity index (χ1) is 8.37. The van der Waals surface area contributed by atoms with Gasteiger partial charge in [0, 0.05) is 25.2 Å². The summed E-state index contributed by atoms with van der Waals surface area (Å²) in [7, 11) is 0. The van der Waals surface area contributed by atoms with Crippen molar-refractivity contribution in [2.24, 2.45) is 5.41 Å². The van der Waals surface area contributed by atoms with Gasteiger partial charge in [0.1, 0.15) is 0 Å². The van der Waals surface area contributed by atoms with Crippen LogP contribution in [0.1, 0.15) is 20.3 Å². The Kier molecular flexibility index (Phi) is 5.12. The maximum atomic E-state index is 3.66. The Labute approximate surface area is 138 Å². The molecular weight excluding hydrogens is 442 g/mol. The van der Waals surface area contributed by atoms with Gasteiger partial charge in [0.2, 0.25) is 0 Å². The van der Waals surface area contributed by atoms with Crippen molar-refractivity contribution in [1.29, 1.82) is 0 Å². The molecule has 1 N–H and O–H groups in total. The van der Waals surface area contributed by atoms with E-state index in [0.717, 1.165) is 19.1 Å². The van der Waals surface area contributed by atoms with Gasteiger partial charge in [0.15, 0.2) is 0 Å². The minimum atomic E-state index is 0.425. The van der Waals surface area contributed by atoms with Crippen molar-refractivity contribution in [3.05, 3.63) is 25.6 Å². The van der Waals surface area contributed by atoms with Crippen LogP contribution in [0, 0.1) is 5.41 Å². The molecule has 0 spiro atoms. The van der Waals surface area contributed by atoms with E-state index < -0.39 is 0 Å². The van der Waals surface area contributed by atoms with Crippen LogP contribution in [0.3, 0.4) is 0 Å². The lowest BCUT2D eigenvalue weighted by molar-refractivity contribution is 0.358. The van der Waals surface area contributed by atoms with Gasteiger partial charge < -0.3 is 5.32 Å². The zero-order chi connectivity index (χ0) is 13.3. The fourth-order valence-corrected chi connectivity index (χ4v) is 6.00. The molecule has 100 valence electrons. The molecule has 1 aliphatic rings. The molecule has 1 nitrogen and oxygen atoms in total. The molecular formula is C13H16Br3NS. The Balaban J connectivity index is 2.14. The molecule has 1 heterocycles. The highest BCUT2D eigenvalue weighted by Gasteiger charge is 2.28. The summed E-state index contributed by atoms with van der Waals surface area (Å²) in [6.07, 6.45) is 1.22. The van der Waals surface area contributed by atoms with Crippen molar-refractivity contribution in [3.63, 3.8) is 0 Å². The van der Waals surface area contributed by atoms with Crippen LogP contribution in [-0.4, -0.2) is 17.5 Å². The number of benzene rings is 1. The maximum absolute atomic E-state index is 3.66. The highest BCUT2D eigenvalue weighted by atomic mass is 79.9. The van der Waals surface area contributed by atoms with E-state index in [2.05, 4.69) is 79.1 Å². The molecule has 0 amide bonds. The molecule has 1 aromatic rings. The zero-order valence-corrected chi connectivity index (χ0v) is 16.0. The van der Waals surface area contributed by atoms with E-state index in [0.29, 0.717) is 11.5 Å². The van der Waals surface area contributed by atoms with Gasteiger partial charge in [-0.1, -0.05) is 29.8 Å². The van der Waals surface area contributed by atoms with Crippen LogP contribution in [0.4, 0.5) is 5.69 Å². The Morgan fingerprint density at radius 3 is 2.39 bits per heavy atom. The summed E-state index contributed by atoms with van der Waals surface area (Å²) in [5.41, 5.74) is 1.58. The molecule has 0 radical (unpaired) electrons. The van der Waals surface area contributed by atoms with Crippen molar-refractivity contribution in [2.75, 3.05) is 16.8 Å². The SMILES string of the molecule is CC1(C)CSCC(Nc2c(Br)cc(Br)cc2Br)C1. The first kappa shape index (κ1) is 15.2. The molecule has 5 heteroatoms. The second-order valence-corrected chi connectivity index (χ2v) is 9.12. The Morgan fingerprint density at radius 2 is 1.83 bits per heavy atom. The monoisotopic (exact) mass is 455 g/mol. The second-order valence-electron chi connectivity index (χ2n) is 5.47. The number of anilines is 1. The number of hydrogen-bond donors (Lipinski definition) is 1. The first-order valence-electron chi connectivity index (χ1n) is 5.86. The van der Waals surface area contributed by atoms with E-state index in [-0.39, 0.29) is 0 Å². The van der Waals surface area contributed by atoms with Crippen molar-refractivity contribution in [1.82, 2.24) is 0 Å². The van der Waals surface area contributed by atoms with Gasteiger partial charge in [-0.15, -0.1) is 0 Å².